The number of benzene rings is 3. The first-order chi connectivity index (χ1) is 31.8. The van der Waals surface area contributed by atoms with Crippen molar-refractivity contribution in [1.29, 1.82) is 0 Å². The zero-order valence-electron chi connectivity index (χ0n) is 36.5. The fourth-order valence-electron chi connectivity index (χ4n) is 8.64. The number of aliphatic hydroxyl groups excluding tert-OH is 2. The molecule has 6 aromatic rings. The largest absolute Gasteiger partial charge is 0.490 e. The van der Waals surface area contributed by atoms with E-state index in [1.54, 1.807) is 42.6 Å². The van der Waals surface area contributed by atoms with Gasteiger partial charge in [0.2, 0.25) is 17.9 Å². The van der Waals surface area contributed by atoms with Gasteiger partial charge in [0, 0.05) is 74.4 Å². The lowest BCUT2D eigenvalue weighted by Crippen LogP contribution is -2.61. The van der Waals surface area contributed by atoms with Crippen LogP contribution in [-0.4, -0.2) is 136 Å². The first kappa shape index (κ1) is 45.7. The Labute approximate surface area is 394 Å². The van der Waals surface area contributed by atoms with Gasteiger partial charge in [0.25, 0.3) is 0 Å². The summed E-state index contributed by atoms with van der Waals surface area (Å²) >= 11 is 15.9. The molecule has 4 bridgehead atoms. The standard InChI is InChI=1S/C47H48Cl2FN7O8S/c1-26-36-27(2)40(49)41(39(26)48)64-33(18-56-14-12-55(3)13-15-56)20-62-32-8-9-34(63-19-31-10-11-51-46(54-31)57-21-47(22-57,23-58)24-59)29(16-32)17-35(45(60)61)65-43-38-37(36)42(66-44(38)53-25-52-43)28-4-6-30(50)7-5-28/h4-11,16,25,33,35,58-59H,12-15,17-24H2,1-3H3,(H,60,61)/t33-,35-/m1/s1. The smallest absolute Gasteiger partial charge is 0.345 e. The molecule has 15 nitrogen and oxygen atoms in total. The van der Waals surface area contributed by atoms with Crippen LogP contribution in [0.5, 0.6) is 23.1 Å². The molecule has 7 heterocycles. The number of ether oxygens (including phenoxy) is 4. The van der Waals surface area contributed by atoms with Crippen molar-refractivity contribution < 1.29 is 43.5 Å². The van der Waals surface area contributed by atoms with E-state index in [0.717, 1.165) is 26.2 Å². The highest BCUT2D eigenvalue weighted by molar-refractivity contribution is 7.22. The van der Waals surface area contributed by atoms with Gasteiger partial charge >= 0.3 is 5.97 Å². The van der Waals surface area contributed by atoms with Crippen LogP contribution in [0.25, 0.3) is 31.8 Å². The van der Waals surface area contributed by atoms with Crippen LogP contribution < -0.4 is 23.8 Å². The maximum absolute atomic E-state index is 14.4. The second-order valence-electron chi connectivity index (χ2n) is 17.1. The number of likely N-dealkylation sites (N-methyl/N-ethyl adjacent to an activating group) is 1. The predicted molar refractivity (Wildman–Crippen MR) is 249 cm³/mol. The molecule has 0 spiro atoms. The summed E-state index contributed by atoms with van der Waals surface area (Å²) in [5.41, 5.74) is 3.62. The third-order valence-electron chi connectivity index (χ3n) is 12.4. The highest BCUT2D eigenvalue weighted by atomic mass is 35.5. The second-order valence-corrected chi connectivity index (χ2v) is 18.9. The Kier molecular flexibility index (Phi) is 13.2. The lowest BCUT2D eigenvalue weighted by atomic mass is 9.82. The molecule has 0 saturated carbocycles. The van der Waals surface area contributed by atoms with E-state index < -0.39 is 29.4 Å². The van der Waals surface area contributed by atoms with Gasteiger partial charge in [-0.2, -0.15) is 0 Å². The predicted octanol–water partition coefficient (Wildman–Crippen LogP) is 6.71. The van der Waals surface area contributed by atoms with Crippen molar-refractivity contribution in [2.75, 3.05) is 77.6 Å². The number of nitrogens with zero attached hydrogens (tertiary/aromatic N) is 7. The Bertz CT molecular complexity index is 2730. The molecule has 3 aromatic heterocycles. The van der Waals surface area contributed by atoms with E-state index in [2.05, 4.69) is 36.8 Å². The van der Waals surface area contributed by atoms with Gasteiger partial charge in [-0.3, -0.25) is 4.90 Å². The fourth-order valence-corrected chi connectivity index (χ4v) is 10.3. The van der Waals surface area contributed by atoms with Gasteiger partial charge < -0.3 is 44.1 Å². The van der Waals surface area contributed by atoms with Crippen LogP contribution >= 0.6 is 34.5 Å². The molecule has 346 valence electrons. The molecule has 0 aliphatic carbocycles. The van der Waals surface area contributed by atoms with Crippen molar-refractivity contribution in [1.82, 2.24) is 29.7 Å². The first-order valence-corrected chi connectivity index (χ1v) is 23.1. The molecule has 66 heavy (non-hydrogen) atoms. The topological polar surface area (TPSA) is 176 Å². The molecule has 19 heteroatoms. The highest BCUT2D eigenvalue weighted by Crippen LogP contribution is 2.53. The number of thiophene rings is 1. The molecule has 2 atom stereocenters. The van der Waals surface area contributed by atoms with E-state index in [-0.39, 0.29) is 48.8 Å². The first-order valence-electron chi connectivity index (χ1n) is 21.5. The summed E-state index contributed by atoms with van der Waals surface area (Å²) in [5.74, 6) is -0.110. The number of hydrogen-bond donors (Lipinski definition) is 3. The van der Waals surface area contributed by atoms with E-state index in [1.807, 2.05) is 18.7 Å². The van der Waals surface area contributed by atoms with E-state index in [4.69, 9.17) is 42.1 Å². The summed E-state index contributed by atoms with van der Waals surface area (Å²) in [6.45, 7) is 8.26. The second kappa shape index (κ2) is 19.1. The summed E-state index contributed by atoms with van der Waals surface area (Å²) in [5, 5.41) is 31.4. The summed E-state index contributed by atoms with van der Waals surface area (Å²) in [7, 11) is 2.09. The third kappa shape index (κ3) is 9.17. The number of aliphatic carboxylic acids is 1. The van der Waals surface area contributed by atoms with Crippen LogP contribution in [0.2, 0.25) is 10.0 Å². The molecule has 3 N–H and O–H groups in total. The number of aliphatic hydroxyl groups is 2. The minimum Gasteiger partial charge on any atom is -0.490 e. The Morgan fingerprint density at radius 3 is 2.38 bits per heavy atom. The average Bonchev–Trinajstić information content (AvgIpc) is 3.69. The average molecular weight is 961 g/mol. The summed E-state index contributed by atoms with van der Waals surface area (Å²) < 4.78 is 40.5. The van der Waals surface area contributed by atoms with Crippen molar-refractivity contribution >= 4 is 56.7 Å². The normalized spacial score (nSPS) is 18.8. The van der Waals surface area contributed by atoms with Crippen molar-refractivity contribution in [2.24, 2.45) is 5.41 Å². The van der Waals surface area contributed by atoms with E-state index in [1.165, 1.54) is 29.8 Å². The Balaban J connectivity index is 1.14. The number of hydrogen-bond acceptors (Lipinski definition) is 15. The summed E-state index contributed by atoms with van der Waals surface area (Å²) in [4.78, 5) is 39.2. The van der Waals surface area contributed by atoms with Gasteiger partial charge in [0.15, 0.2) is 5.75 Å². The highest BCUT2D eigenvalue weighted by Gasteiger charge is 2.43. The number of carboxylic acids is 1. The monoisotopic (exact) mass is 959 g/mol. The van der Waals surface area contributed by atoms with Crippen molar-refractivity contribution in [3.8, 4) is 44.7 Å². The van der Waals surface area contributed by atoms with Gasteiger partial charge in [0.1, 0.15) is 47.8 Å². The number of carboxylic acid groups (broad SMARTS) is 1. The van der Waals surface area contributed by atoms with E-state index in [0.29, 0.717) is 97.0 Å². The summed E-state index contributed by atoms with van der Waals surface area (Å²) in [6.07, 6.45) is 0.725. The molecule has 4 aliphatic rings. The molecule has 10 rings (SSSR count). The maximum atomic E-state index is 14.4. The lowest BCUT2D eigenvalue weighted by molar-refractivity contribution is -0.145. The third-order valence-corrected chi connectivity index (χ3v) is 14.5. The number of piperazine rings is 1. The molecule has 3 aromatic carbocycles. The minimum absolute atomic E-state index is 0.00957. The van der Waals surface area contributed by atoms with Gasteiger partial charge in [-0.1, -0.05) is 35.3 Å². The molecule has 2 fully saturated rings. The van der Waals surface area contributed by atoms with Crippen LogP contribution in [0.3, 0.4) is 0 Å². The molecule has 2 saturated heterocycles. The SMILES string of the molecule is Cc1c(Cl)c2c(Cl)c(C)c1-c1c(-c3ccc(F)cc3)sc3ncnc(c13)O[C@@H](C(=O)O)Cc1cc(ccc1OCc1ccnc(N3CC(CO)(CO)C3)n1)OC[C@@H](CN1CCN(C)CC1)O2. The number of aromatic nitrogens is 4. The van der Waals surface area contributed by atoms with Gasteiger partial charge in [-0.15, -0.1) is 11.3 Å². The van der Waals surface area contributed by atoms with E-state index >= 15 is 0 Å². The molecule has 4 aliphatic heterocycles. The Morgan fingerprint density at radius 1 is 0.955 bits per heavy atom. The van der Waals surface area contributed by atoms with Gasteiger partial charge in [0.05, 0.1) is 39.8 Å². The Hall–Kier alpha value is -5.40. The van der Waals surface area contributed by atoms with Crippen LogP contribution in [0.4, 0.5) is 10.3 Å². The molecular weight excluding hydrogens is 913 g/mol. The van der Waals surface area contributed by atoms with Crippen molar-refractivity contribution in [3.63, 3.8) is 0 Å². The number of rotatable bonds is 10. The zero-order valence-corrected chi connectivity index (χ0v) is 38.8. The van der Waals surface area contributed by atoms with Crippen LogP contribution in [-0.2, 0) is 17.8 Å². The van der Waals surface area contributed by atoms with Crippen LogP contribution in [0, 0.1) is 25.1 Å². The maximum Gasteiger partial charge on any atom is 0.345 e. The van der Waals surface area contributed by atoms with Gasteiger partial charge in [-0.25, -0.2) is 29.1 Å². The molecule has 0 unspecified atom stereocenters. The number of carbonyl (C=O) groups is 1. The van der Waals surface area contributed by atoms with Crippen LogP contribution in [0.1, 0.15) is 22.4 Å². The van der Waals surface area contributed by atoms with Crippen molar-refractivity contribution in [3.05, 3.63) is 99.3 Å². The lowest BCUT2D eigenvalue weighted by Gasteiger charge is -2.48. The molecule has 0 radical (unpaired) electrons. The molecular formula is C47H48Cl2FN7O8S. The minimum atomic E-state index is -1.49. The number of fused-ring (bicyclic) bond motifs is 7. The van der Waals surface area contributed by atoms with Crippen LogP contribution in [0.15, 0.2) is 61.1 Å². The number of anilines is 1. The Morgan fingerprint density at radius 2 is 1.68 bits per heavy atom. The van der Waals surface area contributed by atoms with Gasteiger partial charge in [-0.05, 0) is 79.5 Å². The van der Waals surface area contributed by atoms with Crippen molar-refractivity contribution in [2.45, 2.75) is 39.1 Å². The number of halogens is 3. The zero-order chi connectivity index (χ0) is 46.3. The quantitative estimate of drug-likeness (QED) is 0.132. The summed E-state index contributed by atoms with van der Waals surface area (Å²) in [6, 6.07) is 13.0. The molecule has 0 amide bonds. The fraction of sp³-hybridized carbons (Fsp3) is 0.383. The van der Waals surface area contributed by atoms with E-state index in [9.17, 15) is 24.5 Å².